The van der Waals surface area contributed by atoms with Gasteiger partial charge in [-0.2, -0.15) is 0 Å². The maximum absolute atomic E-state index is 9.56. The molecule has 0 unspecified atom stereocenters. The van der Waals surface area contributed by atoms with Crippen molar-refractivity contribution in [2.75, 3.05) is 12.1 Å². The van der Waals surface area contributed by atoms with Crippen LogP contribution in [0.15, 0.2) is 30.3 Å². The van der Waals surface area contributed by atoms with E-state index in [0.717, 1.165) is 22.5 Å². The maximum atomic E-state index is 9.56. The van der Waals surface area contributed by atoms with Crippen molar-refractivity contribution in [3.63, 3.8) is 0 Å². The first-order valence-corrected chi connectivity index (χ1v) is 5.58. The topological polar surface area (TPSA) is 49.2 Å². The molecule has 0 aliphatic carbocycles. The maximum Gasteiger partial charge on any atom is 0.178 e. The fourth-order valence-electron chi connectivity index (χ4n) is 1.58. The molecule has 4 heteroatoms. The number of fused-ring (bicyclic) bond motifs is 1. The highest BCUT2D eigenvalue weighted by molar-refractivity contribution is 5.78. The number of nitrogens with zero attached hydrogens (tertiary/aromatic N) is 3. The Labute approximate surface area is 100 Å². The van der Waals surface area contributed by atoms with Gasteiger partial charge in [-0.25, -0.2) is 15.0 Å². The number of para-hydroxylation sites is 2. The molecule has 0 aliphatic rings. The second-order valence-corrected chi connectivity index (χ2v) is 3.76. The van der Waals surface area contributed by atoms with Crippen LogP contribution in [0.25, 0.3) is 17.1 Å². The van der Waals surface area contributed by atoms with Crippen LogP contribution in [-0.4, -0.2) is 22.2 Å². The lowest BCUT2D eigenvalue weighted by Gasteiger charge is -2.12. The molecule has 0 spiro atoms. The number of allylic oxidation sites excluding steroid dienone is 1. The average Bonchev–Trinajstić information content (AvgIpc) is 2.35. The van der Waals surface area contributed by atoms with Crippen molar-refractivity contribution in [3.05, 3.63) is 36.0 Å². The number of anilines is 1. The SMILES string of the molecule is CC/C=C/c1nc2ccccc2nc1N(C)O. The van der Waals surface area contributed by atoms with E-state index in [0.29, 0.717) is 11.5 Å². The van der Waals surface area contributed by atoms with Crippen molar-refractivity contribution >= 4 is 22.9 Å². The lowest BCUT2D eigenvalue weighted by molar-refractivity contribution is 0.276. The summed E-state index contributed by atoms with van der Waals surface area (Å²) < 4.78 is 0. The van der Waals surface area contributed by atoms with Gasteiger partial charge in [0.25, 0.3) is 0 Å². The number of hydrogen-bond acceptors (Lipinski definition) is 4. The minimum Gasteiger partial charge on any atom is -0.287 e. The molecule has 88 valence electrons. The van der Waals surface area contributed by atoms with E-state index in [9.17, 15) is 5.21 Å². The molecule has 1 heterocycles. The van der Waals surface area contributed by atoms with Crippen molar-refractivity contribution in [3.8, 4) is 0 Å². The van der Waals surface area contributed by atoms with Crippen LogP contribution >= 0.6 is 0 Å². The Bertz CT molecular complexity index is 549. The molecule has 0 saturated carbocycles. The van der Waals surface area contributed by atoms with Gasteiger partial charge >= 0.3 is 0 Å². The first kappa shape index (κ1) is 11.5. The van der Waals surface area contributed by atoms with Crippen LogP contribution in [0.1, 0.15) is 19.0 Å². The van der Waals surface area contributed by atoms with Crippen LogP contribution < -0.4 is 5.06 Å². The molecule has 1 aromatic heterocycles. The third kappa shape index (κ3) is 2.42. The number of hydrogen-bond donors (Lipinski definition) is 1. The van der Waals surface area contributed by atoms with E-state index >= 15 is 0 Å². The standard InChI is InChI=1S/C13H15N3O/c1-3-4-7-12-13(16(2)17)15-11-9-6-5-8-10(11)14-12/h4-9,17H,3H2,1-2H3/b7-4+. The van der Waals surface area contributed by atoms with Gasteiger partial charge in [-0.05, 0) is 24.6 Å². The van der Waals surface area contributed by atoms with E-state index in [1.54, 1.807) is 7.05 Å². The van der Waals surface area contributed by atoms with Crippen molar-refractivity contribution in [2.24, 2.45) is 0 Å². The monoisotopic (exact) mass is 229 g/mol. The highest BCUT2D eigenvalue weighted by Crippen LogP contribution is 2.19. The lowest BCUT2D eigenvalue weighted by Crippen LogP contribution is -2.14. The zero-order valence-electron chi connectivity index (χ0n) is 9.96. The summed E-state index contributed by atoms with van der Waals surface area (Å²) in [4.78, 5) is 8.87. The quantitative estimate of drug-likeness (QED) is 0.822. The summed E-state index contributed by atoms with van der Waals surface area (Å²) in [5.74, 6) is 0.466. The summed E-state index contributed by atoms with van der Waals surface area (Å²) in [6.07, 6.45) is 4.79. The molecule has 1 N–H and O–H groups in total. The number of benzene rings is 1. The van der Waals surface area contributed by atoms with Gasteiger partial charge in [0.15, 0.2) is 5.82 Å². The number of rotatable bonds is 3. The molecule has 0 radical (unpaired) electrons. The minimum absolute atomic E-state index is 0.466. The Morgan fingerprint density at radius 1 is 1.24 bits per heavy atom. The van der Waals surface area contributed by atoms with Crippen molar-refractivity contribution in [1.82, 2.24) is 9.97 Å². The van der Waals surface area contributed by atoms with Crippen molar-refractivity contribution in [1.29, 1.82) is 0 Å². The Hall–Kier alpha value is -1.94. The summed E-state index contributed by atoms with van der Waals surface area (Å²) in [6, 6.07) is 7.61. The fraction of sp³-hybridized carbons (Fsp3) is 0.231. The molecule has 2 aromatic rings. The van der Waals surface area contributed by atoms with E-state index in [-0.39, 0.29) is 0 Å². The van der Waals surface area contributed by atoms with Crippen LogP contribution in [0.3, 0.4) is 0 Å². The van der Waals surface area contributed by atoms with Gasteiger partial charge in [-0.15, -0.1) is 0 Å². The van der Waals surface area contributed by atoms with Gasteiger partial charge in [-0.3, -0.25) is 5.21 Å². The molecular weight excluding hydrogens is 214 g/mol. The van der Waals surface area contributed by atoms with Gasteiger partial charge in [0.1, 0.15) is 5.69 Å². The van der Waals surface area contributed by atoms with Gasteiger partial charge in [0.2, 0.25) is 0 Å². The normalized spacial score (nSPS) is 11.2. The molecule has 0 amide bonds. The first-order valence-electron chi connectivity index (χ1n) is 5.58. The highest BCUT2D eigenvalue weighted by atomic mass is 16.5. The summed E-state index contributed by atoms with van der Waals surface area (Å²) in [6.45, 7) is 2.05. The van der Waals surface area contributed by atoms with Crippen LogP contribution in [0, 0.1) is 0 Å². The summed E-state index contributed by atoms with van der Waals surface area (Å²) in [5, 5.41) is 10.6. The Balaban J connectivity index is 2.62. The van der Waals surface area contributed by atoms with Crippen molar-refractivity contribution < 1.29 is 5.21 Å². The van der Waals surface area contributed by atoms with E-state index in [2.05, 4.69) is 9.97 Å². The van der Waals surface area contributed by atoms with Crippen LogP contribution in [0.5, 0.6) is 0 Å². The predicted molar refractivity (Wildman–Crippen MR) is 69.1 cm³/mol. The smallest absolute Gasteiger partial charge is 0.178 e. The van der Waals surface area contributed by atoms with Gasteiger partial charge in [0, 0.05) is 7.05 Å². The molecule has 2 rings (SSSR count). The van der Waals surface area contributed by atoms with Crippen LogP contribution in [-0.2, 0) is 0 Å². The molecular formula is C13H15N3O. The Morgan fingerprint density at radius 2 is 1.88 bits per heavy atom. The molecule has 0 bridgehead atoms. The van der Waals surface area contributed by atoms with Crippen LogP contribution in [0.2, 0.25) is 0 Å². The van der Waals surface area contributed by atoms with E-state index in [1.165, 1.54) is 0 Å². The number of aromatic nitrogens is 2. The van der Waals surface area contributed by atoms with Gasteiger partial charge in [-0.1, -0.05) is 25.1 Å². The summed E-state index contributed by atoms with van der Waals surface area (Å²) >= 11 is 0. The highest BCUT2D eigenvalue weighted by Gasteiger charge is 2.08. The second kappa shape index (κ2) is 4.93. The largest absolute Gasteiger partial charge is 0.287 e. The molecule has 0 saturated heterocycles. The fourth-order valence-corrected chi connectivity index (χ4v) is 1.58. The van der Waals surface area contributed by atoms with Crippen molar-refractivity contribution in [2.45, 2.75) is 13.3 Å². The second-order valence-electron chi connectivity index (χ2n) is 3.76. The van der Waals surface area contributed by atoms with Gasteiger partial charge in [0.05, 0.1) is 11.0 Å². The van der Waals surface area contributed by atoms with Gasteiger partial charge < -0.3 is 0 Å². The van der Waals surface area contributed by atoms with E-state index in [1.807, 2.05) is 43.3 Å². The first-order chi connectivity index (χ1) is 8.22. The van der Waals surface area contributed by atoms with E-state index < -0.39 is 0 Å². The summed E-state index contributed by atoms with van der Waals surface area (Å²) in [5.41, 5.74) is 2.28. The zero-order chi connectivity index (χ0) is 12.3. The molecule has 0 atom stereocenters. The average molecular weight is 229 g/mol. The zero-order valence-corrected chi connectivity index (χ0v) is 9.96. The molecule has 4 nitrogen and oxygen atoms in total. The molecule has 0 fully saturated rings. The third-order valence-electron chi connectivity index (χ3n) is 2.40. The molecule has 1 aromatic carbocycles. The van der Waals surface area contributed by atoms with E-state index in [4.69, 9.17) is 0 Å². The molecule has 17 heavy (non-hydrogen) atoms. The minimum atomic E-state index is 0.466. The Kier molecular flexibility index (Phi) is 3.35. The summed E-state index contributed by atoms with van der Waals surface area (Å²) in [7, 11) is 1.54. The molecule has 0 aliphatic heterocycles. The lowest BCUT2D eigenvalue weighted by atomic mass is 10.2. The predicted octanol–water partition coefficient (Wildman–Crippen LogP) is 2.88. The number of hydroxylamine groups is 1. The van der Waals surface area contributed by atoms with Crippen LogP contribution in [0.4, 0.5) is 5.82 Å². The Morgan fingerprint density at radius 3 is 2.47 bits per heavy atom. The third-order valence-corrected chi connectivity index (χ3v) is 2.40.